The van der Waals surface area contributed by atoms with Gasteiger partial charge in [0.25, 0.3) is 5.91 Å². The van der Waals surface area contributed by atoms with E-state index in [9.17, 15) is 26.4 Å². The van der Waals surface area contributed by atoms with E-state index in [2.05, 4.69) is 10.3 Å². The summed E-state index contributed by atoms with van der Waals surface area (Å²) in [6.07, 6.45) is 0.878. The Morgan fingerprint density at radius 1 is 0.980 bits per heavy atom. The minimum Gasteiger partial charge on any atom is -0.496 e. The zero-order valence-electron chi connectivity index (χ0n) is 27.2. The number of sulfonamides is 1. The third kappa shape index (κ3) is 6.58. The molecule has 0 spiro atoms. The molecular weight excluding hydrogens is 659 g/mol. The number of nitrogens with one attached hydrogen (secondary N) is 1. The number of methoxy groups -OCH3 is 1. The van der Waals surface area contributed by atoms with E-state index in [1.807, 2.05) is 0 Å². The molecular formula is C36H32F3N3O6S. The largest absolute Gasteiger partial charge is 0.496 e. The number of para-hydroxylation sites is 1. The average molecular weight is 692 g/mol. The lowest BCUT2D eigenvalue weighted by Crippen LogP contribution is -2.34. The topological polar surface area (TPSA) is 115 Å². The van der Waals surface area contributed by atoms with Crippen LogP contribution in [0.5, 0.6) is 5.75 Å². The van der Waals surface area contributed by atoms with Gasteiger partial charge < -0.3 is 18.9 Å². The van der Waals surface area contributed by atoms with Crippen molar-refractivity contribution in [3.8, 4) is 39.7 Å². The van der Waals surface area contributed by atoms with Gasteiger partial charge in [0.05, 0.1) is 30.2 Å². The predicted molar refractivity (Wildman–Crippen MR) is 182 cm³/mol. The van der Waals surface area contributed by atoms with Crippen LogP contribution < -0.4 is 14.4 Å². The highest BCUT2D eigenvalue weighted by molar-refractivity contribution is 7.92. The fourth-order valence-corrected chi connectivity index (χ4v) is 6.56. The van der Waals surface area contributed by atoms with Gasteiger partial charge in [-0.25, -0.2) is 26.6 Å². The molecule has 0 aliphatic carbocycles. The van der Waals surface area contributed by atoms with E-state index < -0.39 is 33.2 Å². The first kappa shape index (κ1) is 33.6. The van der Waals surface area contributed by atoms with Crippen LogP contribution in [0.25, 0.3) is 56.0 Å². The van der Waals surface area contributed by atoms with Gasteiger partial charge in [-0.1, -0.05) is 12.1 Å². The molecule has 0 unspecified atom stereocenters. The van der Waals surface area contributed by atoms with Gasteiger partial charge in [0.15, 0.2) is 11.4 Å². The lowest BCUT2D eigenvalue weighted by atomic mass is 9.96. The van der Waals surface area contributed by atoms with E-state index >= 15 is 0 Å². The van der Waals surface area contributed by atoms with Gasteiger partial charge in [0, 0.05) is 36.2 Å². The van der Waals surface area contributed by atoms with E-state index in [4.69, 9.17) is 13.6 Å². The van der Waals surface area contributed by atoms with Crippen molar-refractivity contribution in [3.05, 3.63) is 90.0 Å². The predicted octanol–water partition coefficient (Wildman–Crippen LogP) is 8.13. The number of amides is 1. The van der Waals surface area contributed by atoms with Crippen LogP contribution in [-0.2, 0) is 10.0 Å². The SMILES string of the molecule is CNC(=O)c1c(-c2ccc(F)cc2)oc2cc(N(CCC(C)(C)F)S(C)(=O)=O)c(-c3ccc(OC)c(-c4nc5cccc(F)c5o4)c3)cc12. The molecule has 0 bridgehead atoms. The van der Waals surface area contributed by atoms with Crippen molar-refractivity contribution in [3.63, 3.8) is 0 Å². The molecule has 0 atom stereocenters. The zero-order chi connectivity index (χ0) is 35.2. The molecule has 0 fully saturated rings. The summed E-state index contributed by atoms with van der Waals surface area (Å²) < 4.78 is 88.6. The zero-order valence-corrected chi connectivity index (χ0v) is 28.0. The van der Waals surface area contributed by atoms with E-state index in [1.54, 1.807) is 30.3 Å². The summed E-state index contributed by atoms with van der Waals surface area (Å²) in [4.78, 5) is 17.8. The number of rotatable bonds is 10. The van der Waals surface area contributed by atoms with Crippen molar-refractivity contribution in [1.82, 2.24) is 10.3 Å². The summed E-state index contributed by atoms with van der Waals surface area (Å²) in [6, 6.07) is 17.8. The van der Waals surface area contributed by atoms with Gasteiger partial charge in [0.2, 0.25) is 15.9 Å². The van der Waals surface area contributed by atoms with Crippen LogP contribution in [-0.4, -0.2) is 51.9 Å². The van der Waals surface area contributed by atoms with E-state index in [0.29, 0.717) is 33.4 Å². The summed E-state index contributed by atoms with van der Waals surface area (Å²) >= 11 is 0. The van der Waals surface area contributed by atoms with Crippen molar-refractivity contribution in [2.24, 2.45) is 0 Å². The fourth-order valence-electron chi connectivity index (χ4n) is 5.63. The number of furan rings is 1. The van der Waals surface area contributed by atoms with Crippen LogP contribution in [0.3, 0.4) is 0 Å². The third-order valence-electron chi connectivity index (χ3n) is 8.05. The maximum absolute atomic E-state index is 14.8. The number of anilines is 1. The number of nitrogens with zero attached hydrogens (tertiary/aromatic N) is 2. The number of hydrogen-bond acceptors (Lipinski definition) is 7. The number of oxazole rings is 1. The molecule has 1 N–H and O–H groups in total. The summed E-state index contributed by atoms with van der Waals surface area (Å²) in [5.41, 5.74) is 0.487. The number of halogens is 3. The van der Waals surface area contributed by atoms with Crippen molar-refractivity contribution in [1.29, 1.82) is 0 Å². The van der Waals surface area contributed by atoms with Crippen LogP contribution in [0.1, 0.15) is 30.6 Å². The van der Waals surface area contributed by atoms with Crippen molar-refractivity contribution >= 4 is 43.7 Å². The van der Waals surface area contributed by atoms with Gasteiger partial charge in [-0.3, -0.25) is 9.10 Å². The standard InChI is InChI=1S/C36H32F3N3O6S/c1-36(2,39)15-16-42(49(5,44)45)28-19-30-24(31(34(43)40-3)32(47-30)20-9-12-22(37)13-10-20)18-23(28)21-11-14-29(46-4)25(17-21)35-41-27-8-6-7-26(38)33(27)48-35/h6-14,17-19H,15-16H2,1-5H3,(H,40,43). The Hall–Kier alpha value is -5.30. The number of alkyl halides is 1. The smallest absolute Gasteiger partial charge is 0.255 e. The molecule has 0 saturated heterocycles. The molecule has 6 aromatic rings. The second-order valence-corrected chi connectivity index (χ2v) is 14.0. The lowest BCUT2D eigenvalue weighted by Gasteiger charge is -2.27. The second-order valence-electron chi connectivity index (χ2n) is 12.1. The molecule has 0 aliphatic heterocycles. The molecule has 2 aromatic heterocycles. The number of aromatic nitrogens is 1. The number of carbonyl (C=O) groups excluding carboxylic acids is 1. The Labute approximate surface area is 280 Å². The molecule has 2 heterocycles. The summed E-state index contributed by atoms with van der Waals surface area (Å²) in [7, 11) is -1.11. The highest BCUT2D eigenvalue weighted by Gasteiger charge is 2.29. The Bertz CT molecular complexity index is 2330. The van der Waals surface area contributed by atoms with Gasteiger partial charge in [-0.2, -0.15) is 0 Å². The van der Waals surface area contributed by atoms with Gasteiger partial charge in [0.1, 0.15) is 34.1 Å². The normalized spacial score (nSPS) is 12.1. The molecule has 0 radical (unpaired) electrons. The average Bonchev–Trinajstić information content (AvgIpc) is 3.65. The Balaban J connectivity index is 1.66. The van der Waals surface area contributed by atoms with Crippen LogP contribution >= 0.6 is 0 Å². The minimum atomic E-state index is -4.01. The Kier molecular flexibility index (Phi) is 8.65. The first-order valence-corrected chi connectivity index (χ1v) is 17.0. The number of ether oxygens (including phenoxy) is 1. The first-order chi connectivity index (χ1) is 23.2. The van der Waals surface area contributed by atoms with Gasteiger partial charge in [-0.05, 0) is 80.4 Å². The van der Waals surface area contributed by atoms with E-state index in [0.717, 1.165) is 10.6 Å². The monoisotopic (exact) mass is 691 g/mol. The number of carbonyl (C=O) groups is 1. The number of hydrogen-bond donors (Lipinski definition) is 1. The maximum Gasteiger partial charge on any atom is 0.255 e. The minimum absolute atomic E-state index is 0.0496. The van der Waals surface area contributed by atoms with Gasteiger partial charge in [-0.15, -0.1) is 0 Å². The van der Waals surface area contributed by atoms with Crippen molar-refractivity contribution in [2.75, 3.05) is 31.3 Å². The first-order valence-electron chi connectivity index (χ1n) is 15.2. The summed E-state index contributed by atoms with van der Waals surface area (Å²) in [6.45, 7) is 2.49. The molecule has 0 saturated carbocycles. The fraction of sp³-hybridized carbons (Fsp3) is 0.222. The van der Waals surface area contributed by atoms with E-state index in [1.165, 1.54) is 70.5 Å². The van der Waals surface area contributed by atoms with Crippen LogP contribution in [0.15, 0.2) is 81.6 Å². The highest BCUT2D eigenvalue weighted by atomic mass is 32.2. The highest BCUT2D eigenvalue weighted by Crippen LogP contribution is 2.44. The second kappa shape index (κ2) is 12.6. The maximum atomic E-state index is 14.8. The molecule has 0 aliphatic rings. The van der Waals surface area contributed by atoms with Crippen molar-refractivity contribution in [2.45, 2.75) is 25.9 Å². The van der Waals surface area contributed by atoms with E-state index in [-0.39, 0.29) is 52.6 Å². The molecule has 1 amide bonds. The van der Waals surface area contributed by atoms with Crippen LogP contribution in [0, 0.1) is 11.6 Å². The molecule has 13 heteroatoms. The lowest BCUT2D eigenvalue weighted by molar-refractivity contribution is 0.0964. The summed E-state index contributed by atoms with van der Waals surface area (Å²) in [5, 5.41) is 2.94. The third-order valence-corrected chi connectivity index (χ3v) is 9.23. The number of fused-ring (bicyclic) bond motifs is 2. The van der Waals surface area contributed by atoms with Gasteiger partial charge >= 0.3 is 0 Å². The van der Waals surface area contributed by atoms with Crippen molar-refractivity contribution < 1.29 is 40.0 Å². The molecule has 254 valence electrons. The molecule has 6 rings (SSSR count). The molecule has 4 aromatic carbocycles. The van der Waals surface area contributed by atoms with Crippen LogP contribution in [0.4, 0.5) is 18.9 Å². The Morgan fingerprint density at radius 3 is 2.33 bits per heavy atom. The quantitative estimate of drug-likeness (QED) is 0.154. The number of benzene rings is 4. The Morgan fingerprint density at radius 2 is 1.69 bits per heavy atom. The molecule has 49 heavy (non-hydrogen) atoms. The van der Waals surface area contributed by atoms with Crippen LogP contribution in [0.2, 0.25) is 0 Å². The molecule has 9 nitrogen and oxygen atoms in total. The summed E-state index contributed by atoms with van der Waals surface area (Å²) in [5.74, 6) is -1.06.